The lowest BCUT2D eigenvalue weighted by atomic mass is 10.2. The third-order valence-electron chi connectivity index (χ3n) is 1.97. The van der Waals surface area contributed by atoms with Crippen LogP contribution < -0.4 is 5.43 Å². The number of nitrogens with one attached hydrogen (secondary N) is 1. The van der Waals surface area contributed by atoms with Crippen LogP contribution in [0.3, 0.4) is 0 Å². The lowest BCUT2D eigenvalue weighted by Crippen LogP contribution is -2.19. The Balaban J connectivity index is 2.29. The maximum atomic E-state index is 11.1. The van der Waals surface area contributed by atoms with Gasteiger partial charge in [0.1, 0.15) is 0 Å². The molecule has 1 amide bonds. The van der Waals surface area contributed by atoms with Gasteiger partial charge in [0.15, 0.2) is 0 Å². The Morgan fingerprint density at radius 2 is 2.18 bits per heavy atom. The van der Waals surface area contributed by atoms with Crippen LogP contribution in [-0.4, -0.2) is 18.9 Å². The average molecular weight is 255 g/mol. The number of hydrogen-bond acceptors (Lipinski definition) is 3. The molecule has 17 heavy (non-hydrogen) atoms. The first-order valence-electron chi connectivity index (χ1n) is 5.43. The van der Waals surface area contributed by atoms with Crippen LogP contribution in [-0.2, 0) is 4.74 Å². The number of carbonyl (C=O) groups excluding carboxylic acids is 1. The predicted molar refractivity (Wildman–Crippen MR) is 68.4 cm³/mol. The molecule has 1 N–H and O–H groups in total. The summed E-state index contributed by atoms with van der Waals surface area (Å²) in [6, 6.07) is 7.11. The second-order valence-corrected chi connectivity index (χ2v) is 3.85. The first-order chi connectivity index (χ1) is 8.22. The van der Waals surface area contributed by atoms with Gasteiger partial charge >= 0.3 is 6.09 Å². The summed E-state index contributed by atoms with van der Waals surface area (Å²) in [5, 5.41) is 4.42. The zero-order chi connectivity index (χ0) is 12.5. The molecule has 0 spiro atoms. The van der Waals surface area contributed by atoms with Gasteiger partial charge in [-0.2, -0.15) is 5.10 Å². The minimum atomic E-state index is -0.538. The zero-order valence-electron chi connectivity index (χ0n) is 9.65. The van der Waals surface area contributed by atoms with Crippen molar-refractivity contribution < 1.29 is 9.53 Å². The van der Waals surface area contributed by atoms with E-state index >= 15 is 0 Å². The molecule has 0 saturated carbocycles. The van der Waals surface area contributed by atoms with Crippen LogP contribution in [0.2, 0.25) is 5.02 Å². The van der Waals surface area contributed by atoms with E-state index in [2.05, 4.69) is 10.5 Å². The lowest BCUT2D eigenvalue weighted by Gasteiger charge is -2.01. The largest absolute Gasteiger partial charge is 0.448 e. The Labute approximate surface area is 106 Å². The predicted octanol–water partition coefficient (Wildman–Crippen LogP) is 3.20. The second-order valence-electron chi connectivity index (χ2n) is 3.41. The molecule has 5 heteroatoms. The van der Waals surface area contributed by atoms with Gasteiger partial charge in [-0.1, -0.05) is 37.1 Å². The van der Waals surface area contributed by atoms with E-state index in [4.69, 9.17) is 16.3 Å². The van der Waals surface area contributed by atoms with Crippen molar-refractivity contribution in [3.63, 3.8) is 0 Å². The van der Waals surface area contributed by atoms with Gasteiger partial charge in [0, 0.05) is 5.02 Å². The minimum Gasteiger partial charge on any atom is -0.448 e. The average Bonchev–Trinajstić information content (AvgIpc) is 2.32. The van der Waals surface area contributed by atoms with E-state index in [1.807, 2.05) is 6.92 Å². The SMILES string of the molecule is CCCCOC(=O)N/N=C\c1ccc(Cl)cc1. The fourth-order valence-corrected chi connectivity index (χ4v) is 1.18. The van der Waals surface area contributed by atoms with Gasteiger partial charge in [0.05, 0.1) is 12.8 Å². The van der Waals surface area contributed by atoms with Crippen molar-refractivity contribution in [1.82, 2.24) is 5.43 Å². The molecule has 0 aliphatic carbocycles. The molecular formula is C12H15ClN2O2. The highest BCUT2D eigenvalue weighted by molar-refractivity contribution is 6.30. The molecule has 0 bridgehead atoms. The van der Waals surface area contributed by atoms with Crippen LogP contribution in [0.5, 0.6) is 0 Å². The summed E-state index contributed by atoms with van der Waals surface area (Å²) in [6.45, 7) is 2.44. The van der Waals surface area contributed by atoms with Gasteiger partial charge in [0.25, 0.3) is 0 Å². The zero-order valence-corrected chi connectivity index (χ0v) is 10.4. The molecule has 0 radical (unpaired) electrons. The summed E-state index contributed by atoms with van der Waals surface area (Å²) in [7, 11) is 0. The van der Waals surface area contributed by atoms with Gasteiger partial charge in [-0.3, -0.25) is 0 Å². The molecule has 0 saturated heterocycles. The molecule has 1 aromatic carbocycles. The third kappa shape index (κ3) is 5.92. The molecule has 0 aliphatic rings. The first-order valence-corrected chi connectivity index (χ1v) is 5.81. The smallest absolute Gasteiger partial charge is 0.427 e. The first kappa shape index (κ1) is 13.5. The van der Waals surface area contributed by atoms with Crippen LogP contribution in [0.15, 0.2) is 29.4 Å². The van der Waals surface area contributed by atoms with Crippen molar-refractivity contribution in [3.8, 4) is 0 Å². The summed E-state index contributed by atoms with van der Waals surface area (Å²) in [5.41, 5.74) is 3.13. The molecule has 4 nitrogen and oxygen atoms in total. The second kappa shape index (κ2) is 7.68. The molecule has 0 unspecified atom stereocenters. The molecular weight excluding hydrogens is 240 g/mol. The highest BCUT2D eigenvalue weighted by atomic mass is 35.5. The van der Waals surface area contributed by atoms with Crippen LogP contribution in [0.4, 0.5) is 4.79 Å². The lowest BCUT2D eigenvalue weighted by molar-refractivity contribution is 0.145. The van der Waals surface area contributed by atoms with Gasteiger partial charge in [-0.15, -0.1) is 0 Å². The maximum Gasteiger partial charge on any atom is 0.427 e. The molecule has 0 heterocycles. The summed E-state index contributed by atoms with van der Waals surface area (Å²) in [4.78, 5) is 11.1. The monoisotopic (exact) mass is 254 g/mol. The van der Waals surface area contributed by atoms with Gasteiger partial charge in [-0.25, -0.2) is 10.2 Å². The number of ether oxygens (including phenoxy) is 1. The minimum absolute atomic E-state index is 0.415. The maximum absolute atomic E-state index is 11.1. The number of nitrogens with zero attached hydrogens (tertiary/aromatic N) is 1. The van der Waals surface area contributed by atoms with E-state index < -0.39 is 6.09 Å². The van der Waals surface area contributed by atoms with Crippen LogP contribution in [0.25, 0.3) is 0 Å². The number of unbranched alkanes of at least 4 members (excludes halogenated alkanes) is 1. The fourth-order valence-electron chi connectivity index (χ4n) is 1.05. The van der Waals surface area contributed by atoms with E-state index in [-0.39, 0.29) is 0 Å². The molecule has 0 fully saturated rings. The van der Waals surface area contributed by atoms with Crippen molar-refractivity contribution in [2.75, 3.05) is 6.61 Å². The number of hydrazone groups is 1. The van der Waals surface area contributed by atoms with Gasteiger partial charge in [-0.05, 0) is 24.1 Å². The van der Waals surface area contributed by atoms with Gasteiger partial charge in [0.2, 0.25) is 0 Å². The van der Waals surface area contributed by atoms with Crippen molar-refractivity contribution in [2.45, 2.75) is 19.8 Å². The Bertz CT molecular complexity index is 377. The standard InChI is InChI=1S/C12H15ClN2O2/c1-2-3-8-17-12(16)15-14-9-10-4-6-11(13)7-5-10/h4-7,9H,2-3,8H2,1H3,(H,15,16)/b14-9-. The summed E-state index contributed by atoms with van der Waals surface area (Å²) >= 11 is 5.73. The number of rotatable bonds is 5. The van der Waals surface area contributed by atoms with Crippen molar-refractivity contribution in [3.05, 3.63) is 34.9 Å². The van der Waals surface area contributed by atoms with Crippen LogP contribution in [0, 0.1) is 0 Å². The highest BCUT2D eigenvalue weighted by Gasteiger charge is 1.97. The molecule has 0 atom stereocenters. The van der Waals surface area contributed by atoms with Crippen molar-refractivity contribution in [1.29, 1.82) is 0 Å². The number of halogens is 1. The number of benzene rings is 1. The van der Waals surface area contributed by atoms with Crippen LogP contribution >= 0.6 is 11.6 Å². The normalized spacial score (nSPS) is 10.5. The molecule has 1 rings (SSSR count). The summed E-state index contributed by atoms with van der Waals surface area (Å²) in [6.07, 6.45) is 2.83. The Hall–Kier alpha value is -1.55. The van der Waals surface area contributed by atoms with E-state index in [1.165, 1.54) is 6.21 Å². The number of amides is 1. The molecule has 92 valence electrons. The molecule has 1 aromatic rings. The van der Waals surface area contributed by atoms with E-state index in [1.54, 1.807) is 24.3 Å². The number of carbonyl (C=O) groups is 1. The number of hydrogen-bond donors (Lipinski definition) is 1. The van der Waals surface area contributed by atoms with Crippen molar-refractivity contribution in [2.24, 2.45) is 5.10 Å². The molecule has 0 aromatic heterocycles. The summed E-state index contributed by atoms with van der Waals surface area (Å²) < 4.78 is 4.85. The highest BCUT2D eigenvalue weighted by Crippen LogP contribution is 2.07. The Morgan fingerprint density at radius 1 is 1.47 bits per heavy atom. The molecule has 0 aliphatic heterocycles. The quantitative estimate of drug-likeness (QED) is 0.498. The fraction of sp³-hybridized carbons (Fsp3) is 0.333. The Kier molecular flexibility index (Phi) is 6.10. The van der Waals surface area contributed by atoms with Crippen LogP contribution in [0.1, 0.15) is 25.3 Å². The van der Waals surface area contributed by atoms with E-state index in [0.717, 1.165) is 18.4 Å². The van der Waals surface area contributed by atoms with E-state index in [0.29, 0.717) is 11.6 Å². The Morgan fingerprint density at radius 3 is 2.82 bits per heavy atom. The van der Waals surface area contributed by atoms with E-state index in [9.17, 15) is 4.79 Å². The van der Waals surface area contributed by atoms with Gasteiger partial charge < -0.3 is 4.74 Å². The van der Waals surface area contributed by atoms with Crippen molar-refractivity contribution >= 4 is 23.9 Å². The topological polar surface area (TPSA) is 50.7 Å². The summed E-state index contributed by atoms with van der Waals surface area (Å²) in [5.74, 6) is 0. The third-order valence-corrected chi connectivity index (χ3v) is 2.22.